The smallest absolute Gasteiger partial charge is 0.227 e. The zero-order valence-electron chi connectivity index (χ0n) is 15.1. The van der Waals surface area contributed by atoms with Crippen LogP contribution in [-0.4, -0.2) is 63.2 Å². The average Bonchev–Trinajstić information content (AvgIpc) is 3.43. The molecule has 5 rings (SSSR count). The first-order chi connectivity index (χ1) is 13.6. The molecular weight excluding hydrogens is 367 g/mol. The minimum Gasteiger partial charge on any atom is -0.351 e. The zero-order valence-corrected chi connectivity index (χ0v) is 15.1. The van der Waals surface area contributed by atoms with Crippen molar-refractivity contribution in [3.05, 3.63) is 36.0 Å². The molecule has 4 heterocycles. The van der Waals surface area contributed by atoms with E-state index in [1.807, 2.05) is 0 Å². The molecule has 9 heteroatoms. The Morgan fingerprint density at radius 3 is 3.04 bits per heavy atom. The molecule has 28 heavy (non-hydrogen) atoms. The fourth-order valence-corrected chi connectivity index (χ4v) is 4.56. The highest BCUT2D eigenvalue weighted by atomic mass is 19.1. The Balaban J connectivity index is 1.25. The van der Waals surface area contributed by atoms with Gasteiger partial charge in [-0.1, -0.05) is 17.3 Å². The van der Waals surface area contributed by atoms with Crippen LogP contribution in [0.3, 0.4) is 0 Å². The molecule has 2 atom stereocenters. The summed E-state index contributed by atoms with van der Waals surface area (Å²) in [6.07, 6.45) is 1.39. The first-order valence-electron chi connectivity index (χ1n) is 9.40. The van der Waals surface area contributed by atoms with Gasteiger partial charge in [-0.15, -0.1) is 0 Å². The van der Waals surface area contributed by atoms with E-state index in [4.69, 9.17) is 9.26 Å². The van der Waals surface area contributed by atoms with Crippen LogP contribution in [0.15, 0.2) is 28.8 Å². The van der Waals surface area contributed by atoms with Gasteiger partial charge >= 0.3 is 0 Å². The van der Waals surface area contributed by atoms with Crippen LogP contribution in [0.1, 0.15) is 25.2 Å². The Hall–Kier alpha value is -2.81. The fraction of sp³-hybridized carbons (Fsp3) is 0.474. The molecule has 0 N–H and O–H groups in total. The number of hydrogen-bond donors (Lipinski definition) is 0. The minimum atomic E-state index is -0.630. The van der Waals surface area contributed by atoms with Crippen molar-refractivity contribution in [2.75, 3.05) is 19.7 Å². The van der Waals surface area contributed by atoms with Crippen LogP contribution in [-0.2, 0) is 20.7 Å². The Labute approximate surface area is 160 Å². The number of halogens is 1. The molecule has 1 aromatic heterocycles. The molecule has 0 radical (unpaired) electrons. The average molecular weight is 386 g/mol. The lowest BCUT2D eigenvalue weighted by Gasteiger charge is -2.31. The molecule has 3 fully saturated rings. The molecule has 3 aliphatic rings. The number of nitrogens with zero attached hydrogens (tertiary/aromatic N) is 4. The lowest BCUT2D eigenvalue weighted by molar-refractivity contribution is -0.139. The number of amides is 2. The van der Waals surface area contributed by atoms with Gasteiger partial charge < -0.3 is 19.1 Å². The maximum atomic E-state index is 13.8. The van der Waals surface area contributed by atoms with Gasteiger partial charge in [0.1, 0.15) is 5.82 Å². The van der Waals surface area contributed by atoms with Gasteiger partial charge in [-0.2, -0.15) is 4.98 Å². The number of aryl methyl sites for hydroxylation is 1. The standard InChI is InChI=1S/C19H19FN4O4/c20-13-4-2-1-3-12(13)18-21-15(28-22-18)5-6-16(25)23-8-7-19-14(23)11-17(26)24(19)9-10-27-19/h1-4,14H,5-11H2/t14-,19+/m1/s1. The summed E-state index contributed by atoms with van der Waals surface area (Å²) < 4.78 is 24.9. The summed E-state index contributed by atoms with van der Waals surface area (Å²) in [6.45, 7) is 1.68. The van der Waals surface area contributed by atoms with Crippen molar-refractivity contribution in [1.82, 2.24) is 19.9 Å². The molecule has 0 saturated carbocycles. The van der Waals surface area contributed by atoms with Crippen molar-refractivity contribution in [2.24, 2.45) is 0 Å². The molecule has 146 valence electrons. The molecule has 8 nitrogen and oxygen atoms in total. The lowest BCUT2D eigenvalue weighted by Crippen LogP contribution is -2.48. The first kappa shape index (κ1) is 17.3. The Morgan fingerprint density at radius 1 is 1.32 bits per heavy atom. The minimum absolute atomic E-state index is 0.0476. The third-order valence-corrected chi connectivity index (χ3v) is 5.86. The second-order valence-corrected chi connectivity index (χ2v) is 7.29. The number of carbonyl (C=O) groups excluding carboxylic acids is 2. The van der Waals surface area contributed by atoms with E-state index < -0.39 is 11.5 Å². The van der Waals surface area contributed by atoms with Crippen LogP contribution in [0.4, 0.5) is 4.39 Å². The van der Waals surface area contributed by atoms with E-state index in [1.54, 1.807) is 28.0 Å². The van der Waals surface area contributed by atoms with Gasteiger partial charge in [-0.3, -0.25) is 9.59 Å². The van der Waals surface area contributed by atoms with Crippen LogP contribution in [0.5, 0.6) is 0 Å². The number of carbonyl (C=O) groups is 2. The van der Waals surface area contributed by atoms with Gasteiger partial charge in [0.25, 0.3) is 0 Å². The normalized spacial score (nSPS) is 26.0. The predicted molar refractivity (Wildman–Crippen MR) is 93.1 cm³/mol. The second kappa shape index (κ2) is 6.37. The van der Waals surface area contributed by atoms with Crippen LogP contribution in [0, 0.1) is 5.82 Å². The van der Waals surface area contributed by atoms with Crippen molar-refractivity contribution in [1.29, 1.82) is 0 Å². The van der Waals surface area contributed by atoms with Gasteiger partial charge in [-0.25, -0.2) is 4.39 Å². The third kappa shape index (κ3) is 2.53. The quantitative estimate of drug-likeness (QED) is 0.789. The van der Waals surface area contributed by atoms with E-state index in [1.165, 1.54) is 6.07 Å². The Morgan fingerprint density at radius 2 is 2.18 bits per heavy atom. The maximum Gasteiger partial charge on any atom is 0.227 e. The molecule has 2 aromatic rings. The predicted octanol–water partition coefficient (Wildman–Crippen LogP) is 1.37. The van der Waals surface area contributed by atoms with Crippen molar-refractivity contribution in [3.8, 4) is 11.4 Å². The summed E-state index contributed by atoms with van der Waals surface area (Å²) in [4.78, 5) is 32.7. The zero-order chi connectivity index (χ0) is 19.3. The van der Waals surface area contributed by atoms with Crippen molar-refractivity contribution >= 4 is 11.8 Å². The van der Waals surface area contributed by atoms with Crippen LogP contribution < -0.4 is 0 Å². The van der Waals surface area contributed by atoms with Crippen molar-refractivity contribution in [2.45, 2.75) is 37.5 Å². The number of benzene rings is 1. The van der Waals surface area contributed by atoms with Gasteiger partial charge in [0, 0.05) is 32.4 Å². The van der Waals surface area contributed by atoms with Crippen molar-refractivity contribution < 1.29 is 23.2 Å². The van der Waals surface area contributed by atoms with Crippen LogP contribution >= 0.6 is 0 Å². The van der Waals surface area contributed by atoms with Gasteiger partial charge in [0.2, 0.25) is 23.5 Å². The molecule has 0 unspecified atom stereocenters. The van der Waals surface area contributed by atoms with Crippen molar-refractivity contribution in [3.63, 3.8) is 0 Å². The maximum absolute atomic E-state index is 13.8. The molecule has 3 aliphatic heterocycles. The highest BCUT2D eigenvalue weighted by molar-refractivity contribution is 5.84. The van der Waals surface area contributed by atoms with E-state index in [-0.39, 0.29) is 48.0 Å². The second-order valence-electron chi connectivity index (χ2n) is 7.29. The molecule has 3 saturated heterocycles. The summed E-state index contributed by atoms with van der Waals surface area (Å²) in [6, 6.07) is 5.95. The van der Waals surface area contributed by atoms with E-state index >= 15 is 0 Å². The van der Waals surface area contributed by atoms with E-state index in [0.29, 0.717) is 32.5 Å². The van der Waals surface area contributed by atoms with Crippen LogP contribution in [0.2, 0.25) is 0 Å². The molecule has 0 bridgehead atoms. The number of ether oxygens (including phenoxy) is 1. The molecular formula is C19H19FN4O4. The Kier molecular flexibility index (Phi) is 3.94. The number of aromatic nitrogens is 2. The largest absolute Gasteiger partial charge is 0.351 e. The van der Waals surface area contributed by atoms with Gasteiger partial charge in [0.05, 0.1) is 24.6 Å². The molecule has 1 aromatic carbocycles. The highest BCUT2D eigenvalue weighted by Crippen LogP contribution is 2.45. The number of rotatable bonds is 4. The lowest BCUT2D eigenvalue weighted by atomic mass is 10.1. The summed E-state index contributed by atoms with van der Waals surface area (Å²) in [7, 11) is 0. The number of likely N-dealkylation sites (tertiary alicyclic amines) is 1. The summed E-state index contributed by atoms with van der Waals surface area (Å²) >= 11 is 0. The third-order valence-electron chi connectivity index (χ3n) is 5.86. The summed E-state index contributed by atoms with van der Waals surface area (Å²) in [5.41, 5.74) is -0.372. The first-order valence-corrected chi connectivity index (χ1v) is 9.40. The summed E-state index contributed by atoms with van der Waals surface area (Å²) in [5.74, 6) is -0.0109. The van der Waals surface area contributed by atoms with E-state index in [9.17, 15) is 14.0 Å². The van der Waals surface area contributed by atoms with Crippen LogP contribution in [0.25, 0.3) is 11.4 Å². The molecule has 1 spiro atoms. The topological polar surface area (TPSA) is 88.8 Å². The highest BCUT2D eigenvalue weighted by Gasteiger charge is 2.62. The SMILES string of the molecule is O=C(CCc1nc(-c2ccccc2F)no1)N1CC[C@@]23OCCN2C(=O)C[C@@H]13. The fourth-order valence-electron chi connectivity index (χ4n) is 4.56. The van der Waals surface area contributed by atoms with Gasteiger partial charge in [0.15, 0.2) is 5.72 Å². The monoisotopic (exact) mass is 386 g/mol. The van der Waals surface area contributed by atoms with Gasteiger partial charge in [-0.05, 0) is 12.1 Å². The van der Waals surface area contributed by atoms with E-state index in [0.717, 1.165) is 0 Å². The van der Waals surface area contributed by atoms with E-state index in [2.05, 4.69) is 10.1 Å². The summed E-state index contributed by atoms with van der Waals surface area (Å²) in [5, 5.41) is 3.81. The molecule has 0 aliphatic carbocycles. The Bertz CT molecular complexity index is 948. The molecule has 2 amide bonds. The number of hydrogen-bond acceptors (Lipinski definition) is 6.